The van der Waals surface area contributed by atoms with Gasteiger partial charge in [-0.25, -0.2) is 4.98 Å². The number of hydrogen-bond acceptors (Lipinski definition) is 2. The first-order valence-corrected chi connectivity index (χ1v) is 7.53. The molecule has 2 aromatic carbocycles. The Labute approximate surface area is 137 Å². The van der Waals surface area contributed by atoms with Crippen LogP contribution >= 0.6 is 34.8 Å². The molecule has 0 N–H and O–H groups in total. The summed E-state index contributed by atoms with van der Waals surface area (Å²) in [7, 11) is 0. The van der Waals surface area contributed by atoms with Crippen LogP contribution < -0.4 is 4.74 Å². The Morgan fingerprint density at radius 1 is 1.00 bits per heavy atom. The van der Waals surface area contributed by atoms with Crippen LogP contribution in [-0.2, 0) is 5.88 Å². The molecule has 0 unspecified atom stereocenters. The van der Waals surface area contributed by atoms with E-state index in [0.29, 0.717) is 27.6 Å². The molecule has 0 bridgehead atoms. The van der Waals surface area contributed by atoms with E-state index in [-0.39, 0.29) is 0 Å². The standard InChI is InChI=1S/C16H10Cl3NO/c17-8-10-9-20-16(13-4-2-1-3-12(10)13)21-15-7-11(18)5-6-14(15)19/h1-7,9H,8H2. The highest BCUT2D eigenvalue weighted by Gasteiger charge is 2.11. The molecule has 0 aliphatic rings. The quantitative estimate of drug-likeness (QED) is 0.540. The SMILES string of the molecule is ClCc1cnc(Oc2cc(Cl)ccc2Cl)c2ccccc12. The van der Waals surface area contributed by atoms with Crippen LogP contribution in [0.1, 0.15) is 5.56 Å². The van der Waals surface area contributed by atoms with Gasteiger partial charge in [-0.3, -0.25) is 0 Å². The zero-order valence-electron chi connectivity index (χ0n) is 10.8. The molecule has 0 spiro atoms. The van der Waals surface area contributed by atoms with E-state index in [1.807, 2.05) is 24.3 Å². The first-order chi connectivity index (χ1) is 10.2. The molecule has 3 aromatic rings. The van der Waals surface area contributed by atoms with Crippen LogP contribution in [0.2, 0.25) is 10.0 Å². The zero-order chi connectivity index (χ0) is 14.8. The normalized spacial score (nSPS) is 10.8. The van der Waals surface area contributed by atoms with Crippen molar-refractivity contribution in [1.82, 2.24) is 4.98 Å². The minimum atomic E-state index is 0.395. The summed E-state index contributed by atoms with van der Waals surface area (Å²) in [6.07, 6.45) is 1.71. The lowest BCUT2D eigenvalue weighted by Gasteiger charge is -2.11. The Bertz CT molecular complexity index is 805. The highest BCUT2D eigenvalue weighted by Crippen LogP contribution is 2.35. The Hall–Kier alpha value is -1.48. The van der Waals surface area contributed by atoms with E-state index in [9.17, 15) is 0 Å². The van der Waals surface area contributed by atoms with Gasteiger partial charge in [0.1, 0.15) is 5.75 Å². The average Bonchev–Trinajstić information content (AvgIpc) is 2.51. The lowest BCUT2D eigenvalue weighted by atomic mass is 10.1. The second-order valence-electron chi connectivity index (χ2n) is 4.44. The van der Waals surface area contributed by atoms with Crippen molar-refractivity contribution in [3.63, 3.8) is 0 Å². The number of pyridine rings is 1. The second-order valence-corrected chi connectivity index (χ2v) is 5.56. The number of halogens is 3. The largest absolute Gasteiger partial charge is 0.437 e. The highest BCUT2D eigenvalue weighted by atomic mass is 35.5. The van der Waals surface area contributed by atoms with Crippen molar-refractivity contribution in [1.29, 1.82) is 0 Å². The maximum Gasteiger partial charge on any atom is 0.227 e. The molecule has 0 aliphatic carbocycles. The van der Waals surface area contributed by atoms with Gasteiger partial charge < -0.3 is 4.74 Å². The third-order valence-electron chi connectivity index (χ3n) is 3.08. The fourth-order valence-electron chi connectivity index (χ4n) is 2.07. The minimum Gasteiger partial charge on any atom is -0.437 e. The molecular weight excluding hydrogens is 329 g/mol. The number of rotatable bonds is 3. The van der Waals surface area contributed by atoms with Gasteiger partial charge in [-0.05, 0) is 29.1 Å². The van der Waals surface area contributed by atoms with Gasteiger partial charge in [0, 0.05) is 28.6 Å². The van der Waals surface area contributed by atoms with E-state index in [1.54, 1.807) is 24.4 Å². The number of fused-ring (bicyclic) bond motifs is 1. The molecule has 1 heterocycles. The van der Waals surface area contributed by atoms with E-state index >= 15 is 0 Å². The lowest BCUT2D eigenvalue weighted by Crippen LogP contribution is -1.93. The molecule has 0 aliphatic heterocycles. The van der Waals surface area contributed by atoms with Crippen LogP contribution in [-0.4, -0.2) is 4.98 Å². The molecule has 2 nitrogen and oxygen atoms in total. The highest BCUT2D eigenvalue weighted by molar-refractivity contribution is 6.34. The van der Waals surface area contributed by atoms with Crippen LogP contribution in [0.3, 0.4) is 0 Å². The molecule has 0 saturated carbocycles. The summed E-state index contributed by atoms with van der Waals surface area (Å²) in [5.74, 6) is 1.34. The number of nitrogens with zero attached hydrogens (tertiary/aromatic N) is 1. The molecule has 0 radical (unpaired) electrons. The molecule has 5 heteroatoms. The van der Waals surface area contributed by atoms with Crippen LogP contribution in [0.15, 0.2) is 48.7 Å². The van der Waals surface area contributed by atoms with E-state index in [4.69, 9.17) is 39.5 Å². The van der Waals surface area contributed by atoms with Crippen molar-refractivity contribution < 1.29 is 4.74 Å². The minimum absolute atomic E-state index is 0.395. The number of aromatic nitrogens is 1. The van der Waals surface area contributed by atoms with Gasteiger partial charge in [-0.2, -0.15) is 0 Å². The van der Waals surface area contributed by atoms with Gasteiger partial charge in [-0.15, -0.1) is 11.6 Å². The third kappa shape index (κ3) is 2.93. The number of alkyl halides is 1. The molecule has 0 saturated heterocycles. The van der Waals surface area contributed by atoms with Crippen LogP contribution in [0.5, 0.6) is 11.6 Å². The monoisotopic (exact) mass is 337 g/mol. The smallest absolute Gasteiger partial charge is 0.227 e. The number of benzene rings is 2. The Morgan fingerprint density at radius 3 is 2.52 bits per heavy atom. The number of hydrogen-bond donors (Lipinski definition) is 0. The molecule has 0 fully saturated rings. The average molecular weight is 339 g/mol. The van der Waals surface area contributed by atoms with Crippen LogP contribution in [0, 0.1) is 0 Å². The Morgan fingerprint density at radius 2 is 1.76 bits per heavy atom. The fraction of sp³-hybridized carbons (Fsp3) is 0.0625. The van der Waals surface area contributed by atoms with E-state index in [1.165, 1.54) is 0 Å². The Balaban J connectivity index is 2.11. The summed E-state index contributed by atoms with van der Waals surface area (Å²) in [6, 6.07) is 12.9. The third-order valence-corrected chi connectivity index (χ3v) is 3.92. The molecule has 3 rings (SSSR count). The Kier molecular flexibility index (Phi) is 4.20. The van der Waals surface area contributed by atoms with Gasteiger partial charge >= 0.3 is 0 Å². The topological polar surface area (TPSA) is 22.1 Å². The predicted molar refractivity (Wildman–Crippen MR) is 87.8 cm³/mol. The van der Waals surface area contributed by atoms with Gasteiger partial charge in [0.2, 0.25) is 5.88 Å². The lowest BCUT2D eigenvalue weighted by molar-refractivity contribution is 0.469. The zero-order valence-corrected chi connectivity index (χ0v) is 13.1. The van der Waals surface area contributed by atoms with Gasteiger partial charge in [0.15, 0.2) is 0 Å². The maximum absolute atomic E-state index is 6.12. The summed E-state index contributed by atoms with van der Waals surface area (Å²) in [6.45, 7) is 0. The molecule has 21 heavy (non-hydrogen) atoms. The first-order valence-electron chi connectivity index (χ1n) is 6.24. The summed E-state index contributed by atoms with van der Waals surface area (Å²) >= 11 is 18.0. The van der Waals surface area contributed by atoms with Gasteiger partial charge in [0.25, 0.3) is 0 Å². The summed E-state index contributed by atoms with van der Waals surface area (Å²) < 4.78 is 5.83. The summed E-state index contributed by atoms with van der Waals surface area (Å²) in [4.78, 5) is 4.34. The van der Waals surface area contributed by atoms with Crippen molar-refractivity contribution in [2.75, 3.05) is 0 Å². The molecule has 0 atom stereocenters. The predicted octanol–water partition coefficient (Wildman–Crippen LogP) is 6.07. The van der Waals surface area contributed by atoms with Gasteiger partial charge in [-0.1, -0.05) is 41.4 Å². The number of ether oxygens (including phenoxy) is 1. The fourth-order valence-corrected chi connectivity index (χ4v) is 2.60. The molecule has 1 aromatic heterocycles. The van der Waals surface area contributed by atoms with E-state index in [2.05, 4.69) is 4.98 Å². The van der Waals surface area contributed by atoms with Crippen molar-refractivity contribution in [3.05, 3.63) is 64.3 Å². The summed E-state index contributed by atoms with van der Waals surface area (Å²) in [5.41, 5.74) is 0.955. The summed E-state index contributed by atoms with van der Waals surface area (Å²) in [5, 5.41) is 2.92. The molecule has 106 valence electrons. The first kappa shape index (κ1) is 14.5. The molecule has 0 amide bonds. The van der Waals surface area contributed by atoms with Crippen LogP contribution in [0.25, 0.3) is 10.8 Å². The van der Waals surface area contributed by atoms with Crippen molar-refractivity contribution in [3.8, 4) is 11.6 Å². The second kappa shape index (κ2) is 6.10. The van der Waals surface area contributed by atoms with Crippen LogP contribution in [0.4, 0.5) is 0 Å². The maximum atomic E-state index is 6.12. The van der Waals surface area contributed by atoms with Gasteiger partial charge in [0.05, 0.1) is 5.02 Å². The van der Waals surface area contributed by atoms with Crippen molar-refractivity contribution in [2.45, 2.75) is 5.88 Å². The van der Waals surface area contributed by atoms with Crippen molar-refractivity contribution in [2.24, 2.45) is 0 Å². The van der Waals surface area contributed by atoms with E-state index in [0.717, 1.165) is 16.3 Å². The van der Waals surface area contributed by atoms with E-state index < -0.39 is 0 Å². The van der Waals surface area contributed by atoms with Crippen molar-refractivity contribution >= 4 is 45.6 Å². The molecular formula is C16H10Cl3NO.